The van der Waals surface area contributed by atoms with E-state index in [-0.39, 0.29) is 5.54 Å². The van der Waals surface area contributed by atoms with E-state index in [0.29, 0.717) is 6.54 Å². The minimum Gasteiger partial charge on any atom is -0.370 e. The first-order valence-electron chi connectivity index (χ1n) is 7.12. The Hall–Kier alpha value is -1.36. The highest BCUT2D eigenvalue weighted by molar-refractivity contribution is 5.46. The van der Waals surface area contributed by atoms with Gasteiger partial charge in [0.05, 0.1) is 0 Å². The average molecular weight is 263 g/mol. The van der Waals surface area contributed by atoms with E-state index in [9.17, 15) is 0 Å². The van der Waals surface area contributed by atoms with Crippen molar-refractivity contribution < 1.29 is 0 Å². The minimum atomic E-state index is -0.248. The molecule has 0 aromatic carbocycles. The van der Waals surface area contributed by atoms with Gasteiger partial charge in [-0.3, -0.25) is 0 Å². The minimum absolute atomic E-state index is 0.248. The standard InChI is InChI=1S/C14H25N5/c1-14(2,15)9-17-13-7-12(18-10-19-13)16-8-11-5-3-4-6-11/h7,10-11H,3-6,8-9,15H2,1-2H3,(H2,16,17,18,19). The lowest BCUT2D eigenvalue weighted by Crippen LogP contribution is -2.39. The third-order valence-electron chi connectivity index (χ3n) is 3.44. The lowest BCUT2D eigenvalue weighted by molar-refractivity contribution is 0.548. The van der Waals surface area contributed by atoms with Gasteiger partial charge in [-0.25, -0.2) is 9.97 Å². The smallest absolute Gasteiger partial charge is 0.131 e. The van der Waals surface area contributed by atoms with Gasteiger partial charge in [0.15, 0.2) is 0 Å². The fourth-order valence-corrected chi connectivity index (χ4v) is 2.33. The maximum atomic E-state index is 5.94. The molecule has 0 unspecified atom stereocenters. The number of aromatic nitrogens is 2. The van der Waals surface area contributed by atoms with Crippen molar-refractivity contribution in [1.82, 2.24) is 9.97 Å². The maximum absolute atomic E-state index is 5.94. The van der Waals surface area contributed by atoms with Crippen molar-refractivity contribution in [2.24, 2.45) is 11.7 Å². The Bertz CT molecular complexity index is 393. The van der Waals surface area contributed by atoms with E-state index < -0.39 is 0 Å². The summed E-state index contributed by atoms with van der Waals surface area (Å²) in [7, 11) is 0. The van der Waals surface area contributed by atoms with Crippen molar-refractivity contribution in [1.29, 1.82) is 0 Å². The van der Waals surface area contributed by atoms with Crippen LogP contribution in [0.2, 0.25) is 0 Å². The number of nitrogens with one attached hydrogen (secondary N) is 2. The van der Waals surface area contributed by atoms with Crippen LogP contribution in [0.25, 0.3) is 0 Å². The highest BCUT2D eigenvalue weighted by Crippen LogP contribution is 2.24. The molecule has 4 N–H and O–H groups in total. The zero-order chi connectivity index (χ0) is 13.7. The predicted octanol–water partition coefficient (Wildman–Crippen LogP) is 2.23. The van der Waals surface area contributed by atoms with E-state index in [2.05, 4.69) is 20.6 Å². The quantitative estimate of drug-likeness (QED) is 0.734. The van der Waals surface area contributed by atoms with Gasteiger partial charge in [-0.2, -0.15) is 0 Å². The van der Waals surface area contributed by atoms with Crippen LogP contribution in [0.4, 0.5) is 11.6 Å². The number of rotatable bonds is 6. The molecule has 1 heterocycles. The summed E-state index contributed by atoms with van der Waals surface area (Å²) in [6.07, 6.45) is 7.00. The fraction of sp³-hybridized carbons (Fsp3) is 0.714. The third kappa shape index (κ3) is 5.03. The molecule has 106 valence electrons. The Kier molecular flexibility index (Phi) is 4.58. The molecule has 1 aliphatic rings. The number of hydrogen-bond acceptors (Lipinski definition) is 5. The fourth-order valence-electron chi connectivity index (χ4n) is 2.33. The van der Waals surface area contributed by atoms with Crippen molar-refractivity contribution in [3.8, 4) is 0 Å². The van der Waals surface area contributed by atoms with Crippen LogP contribution >= 0.6 is 0 Å². The van der Waals surface area contributed by atoms with E-state index in [1.54, 1.807) is 6.33 Å². The predicted molar refractivity (Wildman–Crippen MR) is 79.2 cm³/mol. The first kappa shape index (κ1) is 14.1. The summed E-state index contributed by atoms with van der Waals surface area (Å²) in [5.41, 5.74) is 5.69. The normalized spacial score (nSPS) is 16.6. The Morgan fingerprint density at radius 3 is 2.47 bits per heavy atom. The van der Waals surface area contributed by atoms with E-state index in [1.807, 2.05) is 19.9 Å². The highest BCUT2D eigenvalue weighted by Gasteiger charge is 2.15. The van der Waals surface area contributed by atoms with Gasteiger partial charge in [0, 0.05) is 24.7 Å². The summed E-state index contributed by atoms with van der Waals surface area (Å²) in [4.78, 5) is 8.46. The Morgan fingerprint density at radius 2 is 1.84 bits per heavy atom. The number of anilines is 2. The summed E-state index contributed by atoms with van der Waals surface area (Å²) in [5, 5.41) is 6.64. The molecule has 5 nitrogen and oxygen atoms in total. The summed E-state index contributed by atoms with van der Waals surface area (Å²) >= 11 is 0. The van der Waals surface area contributed by atoms with Gasteiger partial charge in [-0.15, -0.1) is 0 Å². The van der Waals surface area contributed by atoms with Crippen molar-refractivity contribution >= 4 is 11.6 Å². The van der Waals surface area contributed by atoms with Crippen LogP contribution in [0, 0.1) is 5.92 Å². The molecule has 0 spiro atoms. The van der Waals surface area contributed by atoms with Gasteiger partial charge in [-0.05, 0) is 32.6 Å². The van der Waals surface area contributed by atoms with Crippen LogP contribution in [0.1, 0.15) is 39.5 Å². The maximum Gasteiger partial charge on any atom is 0.131 e. The molecule has 0 bridgehead atoms. The molecular formula is C14H25N5. The second kappa shape index (κ2) is 6.19. The Balaban J connectivity index is 1.84. The van der Waals surface area contributed by atoms with Gasteiger partial charge in [-0.1, -0.05) is 12.8 Å². The van der Waals surface area contributed by atoms with Gasteiger partial charge in [0.25, 0.3) is 0 Å². The zero-order valence-corrected chi connectivity index (χ0v) is 11.9. The molecule has 19 heavy (non-hydrogen) atoms. The molecule has 1 aromatic heterocycles. The zero-order valence-electron chi connectivity index (χ0n) is 11.9. The largest absolute Gasteiger partial charge is 0.370 e. The average Bonchev–Trinajstić information content (AvgIpc) is 2.87. The summed E-state index contributed by atoms with van der Waals surface area (Å²) in [6.45, 7) is 5.67. The van der Waals surface area contributed by atoms with Crippen LogP contribution in [-0.4, -0.2) is 28.6 Å². The second-order valence-electron chi connectivity index (χ2n) is 6.16. The molecule has 0 atom stereocenters. The van der Waals surface area contributed by atoms with Gasteiger partial charge >= 0.3 is 0 Å². The lowest BCUT2D eigenvalue weighted by Gasteiger charge is -2.19. The number of nitrogens with two attached hydrogens (primary N) is 1. The van der Waals surface area contributed by atoms with E-state index >= 15 is 0 Å². The molecule has 0 saturated heterocycles. The summed E-state index contributed by atoms with van der Waals surface area (Å²) in [5.74, 6) is 2.51. The molecule has 1 aliphatic carbocycles. The first-order valence-corrected chi connectivity index (χ1v) is 7.12. The van der Waals surface area contributed by atoms with Crippen LogP contribution in [0.5, 0.6) is 0 Å². The molecule has 1 saturated carbocycles. The molecule has 0 amide bonds. The molecule has 2 rings (SSSR count). The van der Waals surface area contributed by atoms with Crippen LogP contribution < -0.4 is 16.4 Å². The van der Waals surface area contributed by atoms with E-state index in [0.717, 1.165) is 24.1 Å². The van der Waals surface area contributed by atoms with E-state index in [4.69, 9.17) is 5.73 Å². The van der Waals surface area contributed by atoms with Crippen LogP contribution in [0.15, 0.2) is 12.4 Å². The van der Waals surface area contributed by atoms with Crippen molar-refractivity contribution in [2.75, 3.05) is 23.7 Å². The molecule has 0 radical (unpaired) electrons. The van der Waals surface area contributed by atoms with Gasteiger partial charge in [0.2, 0.25) is 0 Å². The number of hydrogen-bond donors (Lipinski definition) is 3. The molecular weight excluding hydrogens is 238 g/mol. The Morgan fingerprint density at radius 1 is 1.21 bits per heavy atom. The topological polar surface area (TPSA) is 75.9 Å². The second-order valence-corrected chi connectivity index (χ2v) is 6.16. The van der Waals surface area contributed by atoms with Crippen molar-refractivity contribution in [3.05, 3.63) is 12.4 Å². The monoisotopic (exact) mass is 263 g/mol. The number of nitrogens with zero attached hydrogens (tertiary/aromatic N) is 2. The summed E-state index contributed by atoms with van der Waals surface area (Å²) < 4.78 is 0. The third-order valence-corrected chi connectivity index (χ3v) is 3.44. The Labute approximate surface area is 115 Å². The SMILES string of the molecule is CC(C)(N)CNc1cc(NCC2CCCC2)ncn1. The van der Waals surface area contributed by atoms with E-state index in [1.165, 1.54) is 25.7 Å². The van der Waals surface area contributed by atoms with Gasteiger partial charge in [0.1, 0.15) is 18.0 Å². The van der Waals surface area contributed by atoms with Crippen molar-refractivity contribution in [2.45, 2.75) is 45.1 Å². The van der Waals surface area contributed by atoms with Crippen LogP contribution in [-0.2, 0) is 0 Å². The van der Waals surface area contributed by atoms with Crippen molar-refractivity contribution in [3.63, 3.8) is 0 Å². The van der Waals surface area contributed by atoms with Gasteiger partial charge < -0.3 is 16.4 Å². The molecule has 0 aliphatic heterocycles. The molecule has 1 fully saturated rings. The molecule has 5 heteroatoms. The first-order chi connectivity index (χ1) is 9.03. The lowest BCUT2D eigenvalue weighted by atomic mass is 10.1. The highest BCUT2D eigenvalue weighted by atomic mass is 15.1. The van der Waals surface area contributed by atoms with Crippen LogP contribution in [0.3, 0.4) is 0 Å². The molecule has 1 aromatic rings. The summed E-state index contributed by atoms with van der Waals surface area (Å²) in [6, 6.07) is 1.95.